The summed E-state index contributed by atoms with van der Waals surface area (Å²) in [5.74, 6) is -17.9. The average molecular weight is 1510 g/mol. The Kier molecular flexibility index (Phi) is 30.3. The molecule has 2 bridgehead atoms. The fourth-order valence-corrected chi connectivity index (χ4v) is 16.7. The number of halogens is 7. The first-order chi connectivity index (χ1) is 49.8. The van der Waals surface area contributed by atoms with Crippen LogP contribution >= 0.6 is 0 Å². The summed E-state index contributed by atoms with van der Waals surface area (Å²) in [5.41, 5.74) is -1.72. The van der Waals surface area contributed by atoms with E-state index >= 15 is 37.5 Å². The molecule has 106 heavy (non-hydrogen) atoms. The van der Waals surface area contributed by atoms with E-state index in [1.807, 2.05) is 13.8 Å². The lowest BCUT2D eigenvalue weighted by molar-refractivity contribution is -0.219. The van der Waals surface area contributed by atoms with Crippen LogP contribution in [-0.2, 0) is 62.3 Å². The second-order valence-electron chi connectivity index (χ2n) is 30.9. The summed E-state index contributed by atoms with van der Waals surface area (Å²) < 4.78 is 108. The van der Waals surface area contributed by atoms with Gasteiger partial charge in [-0.25, -0.2) is 17.6 Å². The van der Waals surface area contributed by atoms with Crippen LogP contribution in [0.1, 0.15) is 183 Å². The SMILES string of the molecule is CCO[C@@H]1C[C@H]2C(=O)NC3(CCCC3)C(=O)N(C)[C@@H](C(CC)CC)C(=O)N(C)[C@H](C(=O)N3CCCC3)CC(=O)N(C)[C@@H](C)C(=O)N[C@@H]([C@@H](C)CC)C(=O)N(C)CC(=O)N(C)[C@H]3C/C=C\CCN(C3=O)[C@@H](CC3CCC(F)(F)CC3)C(=O)N(C)CC(=O)N[C@@H](CCC3CC(F)C(C(F)(F)F)C(F)C3)C(=O)N2C1. The molecule has 25 nitrogen and oxygen atoms in total. The van der Waals surface area contributed by atoms with Crippen LogP contribution in [0.2, 0.25) is 0 Å². The van der Waals surface area contributed by atoms with Gasteiger partial charge in [0.25, 0.3) is 0 Å². The molecule has 3 saturated heterocycles. The van der Waals surface area contributed by atoms with Gasteiger partial charge in [0, 0.05) is 94.3 Å². The summed E-state index contributed by atoms with van der Waals surface area (Å²) in [5, 5.41) is 8.42. The van der Waals surface area contributed by atoms with E-state index in [0.717, 1.165) is 29.4 Å². The summed E-state index contributed by atoms with van der Waals surface area (Å²) in [7, 11) is 8.04. The average Bonchev–Trinajstić information content (AvgIpc) is 1.31. The zero-order valence-corrected chi connectivity index (χ0v) is 63.9. The minimum atomic E-state index is -5.21. The Morgan fingerprint density at radius 3 is 1.84 bits per heavy atom. The van der Waals surface area contributed by atoms with Crippen LogP contribution in [0.3, 0.4) is 0 Å². The van der Waals surface area contributed by atoms with Crippen LogP contribution in [0, 0.1) is 29.6 Å². The number of likely N-dealkylation sites (N-methyl/N-ethyl adjacent to an activating group) is 6. The summed E-state index contributed by atoms with van der Waals surface area (Å²) in [6, 6.07) is -11.3. The van der Waals surface area contributed by atoms with E-state index < -0.39 is 237 Å². The number of carbonyl (C=O) groups is 12. The standard InChI is InChI=1S/C74H115F7N12O13/c1-13-44(5)61-69(103)86(8)43-59(96)88(10)53-24-18-17-21-35-92(68(53)102)56(38-46-27-31-73(77,78)32-28-46)66(100)85(7)42-57(94)82-52(26-25-47-36-50(75)60(51(76)37-47)74(79,80)81)65(99)93-41-49(106-16-4)39-54(93)64(98)84-72(29-19-20-30-72)71(105)90(12)62(48(14-2)15-3)70(104)89(11)55(67(101)91-33-22-23-34-91)40-58(95)87(9)45(6)63(97)83-61/h17-18,44-56,60-62H,13-16,19-43H2,1-12H3,(H,82,94)(H,83,97)(H,84,98)/b18-17-/t44-,45-,47?,49+,50?,51?,52-,53-,54-,55-,56-,60?,61-,62-/m0/s1. The first-order valence-corrected chi connectivity index (χ1v) is 38.2. The summed E-state index contributed by atoms with van der Waals surface area (Å²) in [4.78, 5) is 191. The molecule has 2 unspecified atom stereocenters. The van der Waals surface area contributed by atoms with Gasteiger partial charge in [0.15, 0.2) is 0 Å². The van der Waals surface area contributed by atoms with Crippen molar-refractivity contribution >= 4 is 70.9 Å². The van der Waals surface area contributed by atoms with E-state index in [9.17, 15) is 50.7 Å². The van der Waals surface area contributed by atoms with Crippen molar-refractivity contribution < 1.29 is 93.0 Å². The van der Waals surface area contributed by atoms with Gasteiger partial charge >= 0.3 is 6.18 Å². The van der Waals surface area contributed by atoms with E-state index in [1.165, 1.54) is 59.0 Å². The molecule has 1 spiro atoms. The van der Waals surface area contributed by atoms with Crippen LogP contribution in [0.15, 0.2) is 12.2 Å². The molecule has 7 aliphatic rings. The zero-order chi connectivity index (χ0) is 78.6. The Bertz CT molecular complexity index is 3150. The topological polar surface area (TPSA) is 279 Å². The molecule has 4 heterocycles. The van der Waals surface area contributed by atoms with Crippen molar-refractivity contribution in [3.63, 3.8) is 0 Å². The molecular formula is C74H115F7N12O13. The van der Waals surface area contributed by atoms with Crippen molar-refractivity contribution in [3.8, 4) is 0 Å². The van der Waals surface area contributed by atoms with Gasteiger partial charge < -0.3 is 64.8 Å². The number of amides is 12. The molecule has 3 saturated carbocycles. The van der Waals surface area contributed by atoms with Crippen molar-refractivity contribution in [2.24, 2.45) is 29.6 Å². The van der Waals surface area contributed by atoms with Gasteiger partial charge in [-0.2, -0.15) is 13.2 Å². The minimum absolute atomic E-state index is 0.0436. The zero-order valence-electron chi connectivity index (χ0n) is 63.9. The second-order valence-corrected chi connectivity index (χ2v) is 30.9. The number of alkyl halides is 7. The monoisotopic (exact) mass is 1510 g/mol. The van der Waals surface area contributed by atoms with Gasteiger partial charge in [-0.15, -0.1) is 0 Å². The van der Waals surface area contributed by atoms with Crippen molar-refractivity contribution in [3.05, 3.63) is 12.2 Å². The first kappa shape index (κ1) is 86.1. The molecule has 3 aliphatic carbocycles. The number of likely N-dealkylation sites (tertiary alicyclic amines) is 1. The molecule has 4 aliphatic heterocycles. The van der Waals surface area contributed by atoms with Gasteiger partial charge in [0.1, 0.15) is 72.1 Å². The lowest BCUT2D eigenvalue weighted by atomic mass is 9.76. The summed E-state index contributed by atoms with van der Waals surface area (Å²) in [6.45, 7) is 9.08. The van der Waals surface area contributed by atoms with Gasteiger partial charge in [-0.05, 0) is 121 Å². The van der Waals surface area contributed by atoms with Crippen molar-refractivity contribution in [1.29, 1.82) is 0 Å². The number of hydrogen-bond donors (Lipinski definition) is 3. The second kappa shape index (κ2) is 37.3. The Hall–Kier alpha value is -7.15. The van der Waals surface area contributed by atoms with Gasteiger partial charge in [0.2, 0.25) is 76.8 Å². The highest BCUT2D eigenvalue weighted by Crippen LogP contribution is 2.45. The highest BCUT2D eigenvalue weighted by Gasteiger charge is 2.56. The predicted octanol–water partition coefficient (Wildman–Crippen LogP) is 5.95. The number of fused-ring (bicyclic) bond motifs is 3. The molecule has 0 aromatic heterocycles. The van der Waals surface area contributed by atoms with E-state index in [4.69, 9.17) is 4.74 Å². The highest BCUT2D eigenvalue weighted by molar-refractivity contribution is 6.01. The molecule has 12 atom stereocenters. The van der Waals surface area contributed by atoms with Crippen LogP contribution < -0.4 is 16.0 Å². The number of nitrogens with zero attached hydrogens (tertiary/aromatic N) is 9. The van der Waals surface area contributed by atoms with Crippen LogP contribution in [0.4, 0.5) is 30.7 Å². The van der Waals surface area contributed by atoms with Gasteiger partial charge in [-0.1, -0.05) is 72.0 Å². The molecule has 7 rings (SSSR count). The maximum Gasteiger partial charge on any atom is 0.397 e. The van der Waals surface area contributed by atoms with Crippen molar-refractivity contribution in [2.45, 2.75) is 267 Å². The van der Waals surface area contributed by atoms with E-state index in [2.05, 4.69) is 16.0 Å². The molecule has 3 N–H and O–H groups in total. The quantitative estimate of drug-likeness (QED) is 0.142. The van der Waals surface area contributed by atoms with Crippen LogP contribution in [-0.4, -0.2) is 288 Å². The highest BCUT2D eigenvalue weighted by atomic mass is 19.4. The fourth-order valence-electron chi connectivity index (χ4n) is 16.7. The summed E-state index contributed by atoms with van der Waals surface area (Å²) in [6.07, 6.45) is -8.91. The van der Waals surface area contributed by atoms with Crippen LogP contribution in [0.5, 0.6) is 0 Å². The Morgan fingerprint density at radius 1 is 0.642 bits per heavy atom. The third kappa shape index (κ3) is 20.6. The van der Waals surface area contributed by atoms with Crippen molar-refractivity contribution in [1.82, 2.24) is 60.0 Å². The molecule has 0 aromatic rings. The minimum Gasteiger partial charge on any atom is -0.377 e. The maximum atomic E-state index is 15.7. The number of carbonyl (C=O) groups excluding carboxylic acids is 12. The van der Waals surface area contributed by atoms with E-state index in [0.29, 0.717) is 58.0 Å². The number of nitrogens with one attached hydrogen (secondary N) is 3. The maximum absolute atomic E-state index is 15.7. The Morgan fingerprint density at radius 2 is 1.25 bits per heavy atom. The lowest BCUT2D eigenvalue weighted by Gasteiger charge is -2.42. The Labute approximate surface area is 618 Å². The first-order valence-electron chi connectivity index (χ1n) is 38.2. The largest absolute Gasteiger partial charge is 0.397 e. The number of hydrogen-bond acceptors (Lipinski definition) is 13. The predicted molar refractivity (Wildman–Crippen MR) is 377 cm³/mol. The fraction of sp³-hybridized carbons (Fsp3) is 0.811. The lowest BCUT2D eigenvalue weighted by Crippen LogP contribution is -2.65. The van der Waals surface area contributed by atoms with Gasteiger partial charge in [-0.3, -0.25) is 57.5 Å². The third-order valence-corrected chi connectivity index (χ3v) is 23.8. The molecule has 32 heteroatoms. The third-order valence-electron chi connectivity index (χ3n) is 23.8. The van der Waals surface area contributed by atoms with E-state index in [-0.39, 0.29) is 77.5 Å². The van der Waals surface area contributed by atoms with Crippen LogP contribution in [0.25, 0.3) is 0 Å². The molecule has 598 valence electrons. The number of ether oxygens (including phenoxy) is 1. The molecule has 12 amide bonds. The van der Waals surface area contributed by atoms with Crippen molar-refractivity contribution in [2.75, 3.05) is 88.2 Å². The smallest absolute Gasteiger partial charge is 0.377 e. The normalized spacial score (nSPS) is 31.5. The Balaban J connectivity index is 1.32. The molecular weight excluding hydrogens is 1400 g/mol. The van der Waals surface area contributed by atoms with E-state index in [1.54, 1.807) is 37.8 Å². The molecule has 0 aromatic carbocycles. The molecule has 6 fully saturated rings. The van der Waals surface area contributed by atoms with Gasteiger partial charge in [0.05, 0.1) is 25.6 Å². The number of rotatable bonds is 13. The summed E-state index contributed by atoms with van der Waals surface area (Å²) >= 11 is 0. The molecule has 0 radical (unpaired) electrons.